The summed E-state index contributed by atoms with van der Waals surface area (Å²) in [5.41, 5.74) is 2.57. The molecule has 1 aliphatic rings. The van der Waals surface area contributed by atoms with Gasteiger partial charge in [-0.15, -0.1) is 0 Å². The lowest BCUT2D eigenvalue weighted by Gasteiger charge is -2.23. The van der Waals surface area contributed by atoms with Crippen LogP contribution < -0.4 is 9.46 Å². The molecule has 0 bridgehead atoms. The number of nitrogens with zero attached hydrogens (tertiary/aromatic N) is 2. The van der Waals surface area contributed by atoms with Crippen LogP contribution in [-0.2, 0) is 20.0 Å². The molecule has 0 unspecified atom stereocenters. The third-order valence-electron chi connectivity index (χ3n) is 5.53. The van der Waals surface area contributed by atoms with Crippen molar-refractivity contribution in [3.05, 3.63) is 90.0 Å². The molecule has 10 heteroatoms. The minimum absolute atomic E-state index is 0.0294. The summed E-state index contributed by atoms with van der Waals surface area (Å²) in [6.45, 7) is 1.56. The highest BCUT2D eigenvalue weighted by Crippen LogP contribution is 2.37. The van der Waals surface area contributed by atoms with Crippen LogP contribution in [0.5, 0.6) is 5.75 Å². The van der Waals surface area contributed by atoms with Crippen molar-refractivity contribution in [2.75, 3.05) is 17.6 Å². The van der Waals surface area contributed by atoms with Crippen molar-refractivity contribution in [3.63, 3.8) is 0 Å². The van der Waals surface area contributed by atoms with Gasteiger partial charge in [0.1, 0.15) is 5.75 Å². The fourth-order valence-electron chi connectivity index (χ4n) is 3.65. The van der Waals surface area contributed by atoms with E-state index < -0.39 is 26.1 Å². The van der Waals surface area contributed by atoms with Gasteiger partial charge >= 0.3 is 0 Å². The quantitative estimate of drug-likeness (QED) is 0.504. The molecular weight excluding hydrogens is 474 g/mol. The summed E-state index contributed by atoms with van der Waals surface area (Å²) in [7, 11) is -5.81. The van der Waals surface area contributed by atoms with E-state index in [0.29, 0.717) is 29.1 Å². The Morgan fingerprint density at radius 1 is 0.941 bits per heavy atom. The molecular formula is C24H25N3O5S2. The monoisotopic (exact) mass is 499 g/mol. The van der Waals surface area contributed by atoms with Gasteiger partial charge < -0.3 is 4.74 Å². The minimum Gasteiger partial charge on any atom is -0.497 e. The predicted molar refractivity (Wildman–Crippen MR) is 132 cm³/mol. The van der Waals surface area contributed by atoms with Crippen molar-refractivity contribution in [2.24, 2.45) is 5.10 Å². The van der Waals surface area contributed by atoms with E-state index in [1.807, 2.05) is 30.3 Å². The van der Waals surface area contributed by atoms with Crippen molar-refractivity contribution in [3.8, 4) is 5.75 Å². The fraction of sp³-hybridized carbons (Fsp3) is 0.208. The van der Waals surface area contributed by atoms with Crippen LogP contribution >= 0.6 is 0 Å². The molecule has 0 spiro atoms. The van der Waals surface area contributed by atoms with E-state index in [1.165, 1.54) is 19.2 Å². The van der Waals surface area contributed by atoms with Gasteiger partial charge in [0, 0.05) is 12.1 Å². The van der Waals surface area contributed by atoms with E-state index in [-0.39, 0.29) is 10.6 Å². The maximum Gasteiger partial charge on any atom is 0.279 e. The lowest BCUT2D eigenvalue weighted by molar-refractivity contribution is 0.371. The van der Waals surface area contributed by atoms with Crippen molar-refractivity contribution >= 4 is 31.4 Å². The third-order valence-corrected chi connectivity index (χ3v) is 8.54. The first kappa shape index (κ1) is 23.8. The summed E-state index contributed by atoms with van der Waals surface area (Å²) < 4.78 is 59.5. The summed E-state index contributed by atoms with van der Waals surface area (Å²) >= 11 is 0. The Morgan fingerprint density at radius 2 is 1.59 bits per heavy atom. The Hall–Kier alpha value is -3.37. The molecule has 3 aromatic rings. The van der Waals surface area contributed by atoms with E-state index in [0.717, 1.165) is 9.98 Å². The highest BCUT2D eigenvalue weighted by atomic mass is 32.2. The largest absolute Gasteiger partial charge is 0.497 e. The number of rotatable bonds is 8. The Bertz CT molecular complexity index is 1390. The summed E-state index contributed by atoms with van der Waals surface area (Å²) in [5, 5.41) is 4.52. The van der Waals surface area contributed by atoms with Gasteiger partial charge in [-0.3, -0.25) is 4.72 Å². The molecule has 1 N–H and O–H groups in total. The summed E-state index contributed by atoms with van der Waals surface area (Å²) in [5.74, 6) is 0.529. The normalized spacial score (nSPS) is 16.2. The average Bonchev–Trinajstić information content (AvgIpc) is 3.31. The smallest absolute Gasteiger partial charge is 0.279 e. The van der Waals surface area contributed by atoms with Crippen LogP contribution in [-0.4, -0.2) is 39.8 Å². The molecule has 34 heavy (non-hydrogen) atoms. The van der Waals surface area contributed by atoms with E-state index >= 15 is 0 Å². The molecule has 178 valence electrons. The van der Waals surface area contributed by atoms with Gasteiger partial charge in [0.25, 0.3) is 10.0 Å². The molecule has 1 heterocycles. The highest BCUT2D eigenvalue weighted by molar-refractivity contribution is 7.92. The van der Waals surface area contributed by atoms with Gasteiger partial charge in [-0.25, -0.2) is 8.42 Å². The first-order valence-corrected chi connectivity index (χ1v) is 13.7. The van der Waals surface area contributed by atoms with Crippen LogP contribution in [0.4, 0.5) is 5.69 Å². The Labute approximate surface area is 200 Å². The second-order valence-electron chi connectivity index (χ2n) is 7.71. The van der Waals surface area contributed by atoms with Gasteiger partial charge in [0.05, 0.1) is 29.5 Å². The minimum atomic E-state index is -3.94. The zero-order valence-corrected chi connectivity index (χ0v) is 20.4. The average molecular weight is 500 g/mol. The zero-order chi connectivity index (χ0) is 24.3. The fourth-order valence-corrected chi connectivity index (χ4v) is 5.72. The van der Waals surface area contributed by atoms with Crippen LogP contribution in [0.2, 0.25) is 0 Å². The van der Waals surface area contributed by atoms with E-state index in [4.69, 9.17) is 4.74 Å². The molecule has 0 amide bonds. The molecule has 1 aliphatic heterocycles. The van der Waals surface area contributed by atoms with Crippen molar-refractivity contribution < 1.29 is 21.6 Å². The van der Waals surface area contributed by atoms with E-state index in [1.54, 1.807) is 43.3 Å². The summed E-state index contributed by atoms with van der Waals surface area (Å²) in [4.78, 5) is 0.114. The third kappa shape index (κ3) is 4.92. The maximum absolute atomic E-state index is 13.5. The van der Waals surface area contributed by atoms with Gasteiger partial charge in [-0.1, -0.05) is 42.5 Å². The van der Waals surface area contributed by atoms with E-state index in [2.05, 4.69) is 9.82 Å². The molecule has 4 rings (SSSR count). The molecule has 0 fully saturated rings. The maximum atomic E-state index is 13.5. The second kappa shape index (κ2) is 9.47. The van der Waals surface area contributed by atoms with Crippen LogP contribution in [0, 0.1) is 0 Å². The van der Waals surface area contributed by atoms with Gasteiger partial charge in [0.15, 0.2) is 0 Å². The van der Waals surface area contributed by atoms with Gasteiger partial charge in [0.2, 0.25) is 10.0 Å². The van der Waals surface area contributed by atoms with Crippen LogP contribution in [0.25, 0.3) is 0 Å². The molecule has 0 saturated heterocycles. The Kier molecular flexibility index (Phi) is 6.63. The Balaban J connectivity index is 1.70. The van der Waals surface area contributed by atoms with Crippen LogP contribution in [0.15, 0.2) is 88.9 Å². The number of ether oxygens (including phenoxy) is 1. The molecule has 8 nitrogen and oxygen atoms in total. The lowest BCUT2D eigenvalue weighted by atomic mass is 9.99. The zero-order valence-electron chi connectivity index (χ0n) is 18.7. The highest BCUT2D eigenvalue weighted by Gasteiger charge is 2.37. The molecule has 0 aliphatic carbocycles. The number of methoxy groups -OCH3 is 1. The van der Waals surface area contributed by atoms with Crippen LogP contribution in [0.1, 0.15) is 30.5 Å². The molecule has 0 aromatic heterocycles. The molecule has 0 radical (unpaired) electrons. The lowest BCUT2D eigenvalue weighted by Crippen LogP contribution is -2.27. The number of sulfonamides is 2. The van der Waals surface area contributed by atoms with Crippen LogP contribution in [0.3, 0.4) is 0 Å². The Morgan fingerprint density at radius 3 is 2.18 bits per heavy atom. The van der Waals surface area contributed by atoms with Crippen molar-refractivity contribution in [1.82, 2.24) is 4.41 Å². The topological polar surface area (TPSA) is 105 Å². The number of hydrogen-bond donors (Lipinski definition) is 1. The van der Waals surface area contributed by atoms with Gasteiger partial charge in [-0.2, -0.15) is 17.9 Å². The number of nitrogens with one attached hydrogen (secondary N) is 1. The SMILES string of the molecule is CCS(=O)(=O)Nc1ccc(C2=NN(S(=O)(=O)c3ccc(OC)cc3)[C@H](c3ccccc3)C2)cc1. The number of hydrazone groups is 1. The first-order chi connectivity index (χ1) is 16.2. The number of hydrogen-bond acceptors (Lipinski definition) is 6. The first-order valence-electron chi connectivity index (χ1n) is 10.7. The second-order valence-corrected chi connectivity index (χ2v) is 11.5. The number of anilines is 1. The molecule has 1 atom stereocenters. The molecule has 3 aromatic carbocycles. The van der Waals surface area contributed by atoms with Gasteiger partial charge in [-0.05, 0) is 54.4 Å². The predicted octanol–water partition coefficient (Wildman–Crippen LogP) is 4.00. The summed E-state index contributed by atoms with van der Waals surface area (Å²) in [6, 6.07) is 21.8. The van der Waals surface area contributed by atoms with Crippen molar-refractivity contribution in [1.29, 1.82) is 0 Å². The van der Waals surface area contributed by atoms with E-state index in [9.17, 15) is 16.8 Å². The summed E-state index contributed by atoms with van der Waals surface area (Å²) in [6.07, 6.45) is 0.374. The molecule has 0 saturated carbocycles. The standard InChI is InChI=1S/C24H25N3O5S2/c1-3-33(28,29)26-20-11-9-18(10-12-20)23-17-24(19-7-5-4-6-8-19)27(25-23)34(30,31)22-15-13-21(32-2)14-16-22/h4-16,24,26H,3,17H2,1-2H3/t24-/m0/s1. The van der Waals surface area contributed by atoms with Crippen molar-refractivity contribution in [2.45, 2.75) is 24.3 Å². The number of benzene rings is 3.